The Kier molecular flexibility index (Phi) is 6.79. The maximum Gasteiger partial charge on any atom is 0.0673 e. The Morgan fingerprint density at radius 1 is 1.20 bits per heavy atom. The molecule has 1 N–H and O–H groups in total. The summed E-state index contributed by atoms with van der Waals surface area (Å²) in [5.41, 5.74) is 0.336. The molecule has 0 aromatic rings. The molecule has 1 heterocycles. The molecule has 2 unspecified atom stereocenters. The molecule has 1 saturated heterocycles. The molecule has 1 aliphatic heterocycles. The van der Waals surface area contributed by atoms with E-state index < -0.39 is 0 Å². The predicted octanol–water partition coefficient (Wildman–Crippen LogP) is 3.38. The topological polar surface area (TPSA) is 30.5 Å². The van der Waals surface area contributed by atoms with Gasteiger partial charge in [-0.2, -0.15) is 0 Å². The van der Waals surface area contributed by atoms with Crippen LogP contribution < -0.4 is 5.32 Å². The molecule has 3 heteroatoms. The zero-order valence-electron chi connectivity index (χ0n) is 13.5. The maximum absolute atomic E-state index is 6.11. The molecule has 0 spiro atoms. The van der Waals surface area contributed by atoms with Crippen LogP contribution in [0.15, 0.2) is 0 Å². The minimum absolute atomic E-state index is 0.336. The summed E-state index contributed by atoms with van der Waals surface area (Å²) in [6.07, 6.45) is 9.21. The van der Waals surface area contributed by atoms with Crippen molar-refractivity contribution in [3.63, 3.8) is 0 Å². The van der Waals surface area contributed by atoms with E-state index >= 15 is 0 Å². The van der Waals surface area contributed by atoms with E-state index in [9.17, 15) is 0 Å². The second-order valence-corrected chi connectivity index (χ2v) is 6.63. The highest BCUT2D eigenvalue weighted by atomic mass is 16.5. The van der Waals surface area contributed by atoms with E-state index in [2.05, 4.69) is 19.2 Å². The number of hydrogen-bond donors (Lipinski definition) is 1. The van der Waals surface area contributed by atoms with Gasteiger partial charge >= 0.3 is 0 Å². The molecule has 3 nitrogen and oxygen atoms in total. The number of nitrogens with one attached hydrogen (secondary N) is 1. The minimum atomic E-state index is 0.336. The Hall–Kier alpha value is -0.120. The van der Waals surface area contributed by atoms with Crippen molar-refractivity contribution in [2.24, 2.45) is 11.3 Å². The number of hydrogen-bond acceptors (Lipinski definition) is 3. The molecular weight excluding hydrogens is 250 g/mol. The summed E-state index contributed by atoms with van der Waals surface area (Å²) in [6.45, 7) is 9.45. The Morgan fingerprint density at radius 2 is 2.05 bits per heavy atom. The monoisotopic (exact) mass is 283 g/mol. The van der Waals surface area contributed by atoms with Crippen LogP contribution in [0.25, 0.3) is 0 Å². The van der Waals surface area contributed by atoms with Gasteiger partial charge in [0, 0.05) is 31.8 Å². The summed E-state index contributed by atoms with van der Waals surface area (Å²) in [5.74, 6) is 0.830. The van der Waals surface area contributed by atoms with Gasteiger partial charge in [0.05, 0.1) is 6.10 Å². The third kappa shape index (κ3) is 4.44. The summed E-state index contributed by atoms with van der Waals surface area (Å²) in [7, 11) is 0. The normalized spacial score (nSPS) is 30.0. The van der Waals surface area contributed by atoms with Crippen molar-refractivity contribution in [2.45, 2.75) is 64.9 Å². The lowest BCUT2D eigenvalue weighted by molar-refractivity contribution is 0.00841. The van der Waals surface area contributed by atoms with E-state index in [0.717, 1.165) is 45.2 Å². The van der Waals surface area contributed by atoms with Gasteiger partial charge in [-0.1, -0.05) is 20.3 Å². The number of unbranched alkanes of at least 4 members (excludes halogenated alkanes) is 1. The average molecular weight is 283 g/mol. The SMILES string of the molecule is CCCCOCCC1(CNCCC)CCOC1C1CC1. The molecule has 0 bridgehead atoms. The molecule has 20 heavy (non-hydrogen) atoms. The molecule has 1 aliphatic carbocycles. The molecule has 2 rings (SSSR count). The van der Waals surface area contributed by atoms with Gasteiger partial charge in [0.25, 0.3) is 0 Å². The zero-order valence-corrected chi connectivity index (χ0v) is 13.5. The Labute approximate surface area is 124 Å². The fourth-order valence-corrected chi connectivity index (χ4v) is 3.43. The average Bonchev–Trinajstić information content (AvgIpc) is 3.21. The predicted molar refractivity (Wildman–Crippen MR) is 83.0 cm³/mol. The quantitative estimate of drug-likeness (QED) is 0.590. The van der Waals surface area contributed by atoms with Crippen molar-refractivity contribution in [1.29, 1.82) is 0 Å². The fourth-order valence-electron chi connectivity index (χ4n) is 3.43. The lowest BCUT2D eigenvalue weighted by Gasteiger charge is -2.35. The van der Waals surface area contributed by atoms with Gasteiger partial charge in [-0.15, -0.1) is 0 Å². The Bertz CT molecular complexity index is 268. The highest BCUT2D eigenvalue weighted by Crippen LogP contribution is 2.49. The van der Waals surface area contributed by atoms with E-state index in [0.29, 0.717) is 11.5 Å². The van der Waals surface area contributed by atoms with Gasteiger partial charge in [0.15, 0.2) is 0 Å². The van der Waals surface area contributed by atoms with E-state index in [1.807, 2.05) is 0 Å². The van der Waals surface area contributed by atoms with Gasteiger partial charge in [-0.25, -0.2) is 0 Å². The second-order valence-electron chi connectivity index (χ2n) is 6.63. The maximum atomic E-state index is 6.11. The summed E-state index contributed by atoms with van der Waals surface area (Å²) in [6, 6.07) is 0. The van der Waals surface area contributed by atoms with Crippen LogP contribution in [-0.4, -0.2) is 39.0 Å². The van der Waals surface area contributed by atoms with Gasteiger partial charge in [-0.05, 0) is 51.0 Å². The Morgan fingerprint density at radius 3 is 2.75 bits per heavy atom. The van der Waals surface area contributed by atoms with Crippen LogP contribution in [0.2, 0.25) is 0 Å². The lowest BCUT2D eigenvalue weighted by Crippen LogP contribution is -2.43. The van der Waals surface area contributed by atoms with Crippen molar-refractivity contribution in [3.05, 3.63) is 0 Å². The molecular formula is C17H33NO2. The van der Waals surface area contributed by atoms with Crippen LogP contribution >= 0.6 is 0 Å². The fraction of sp³-hybridized carbons (Fsp3) is 1.00. The van der Waals surface area contributed by atoms with Crippen LogP contribution in [0.1, 0.15) is 58.8 Å². The molecule has 0 radical (unpaired) electrons. The summed E-state index contributed by atoms with van der Waals surface area (Å²) < 4.78 is 11.9. The zero-order chi connectivity index (χ0) is 14.3. The third-order valence-corrected chi connectivity index (χ3v) is 4.84. The highest BCUT2D eigenvalue weighted by molar-refractivity contribution is 5.00. The summed E-state index contributed by atoms with van der Waals surface area (Å²) in [4.78, 5) is 0. The Balaban J connectivity index is 1.82. The van der Waals surface area contributed by atoms with E-state index in [4.69, 9.17) is 9.47 Å². The summed E-state index contributed by atoms with van der Waals surface area (Å²) in [5, 5.41) is 3.65. The van der Waals surface area contributed by atoms with E-state index in [-0.39, 0.29) is 0 Å². The molecule has 0 amide bonds. The molecule has 0 aromatic heterocycles. The van der Waals surface area contributed by atoms with Crippen LogP contribution in [0.4, 0.5) is 0 Å². The van der Waals surface area contributed by atoms with Crippen molar-refractivity contribution < 1.29 is 9.47 Å². The van der Waals surface area contributed by atoms with Crippen LogP contribution in [0, 0.1) is 11.3 Å². The highest BCUT2D eigenvalue weighted by Gasteiger charge is 2.50. The second kappa shape index (κ2) is 8.35. The van der Waals surface area contributed by atoms with Gasteiger partial charge in [0.2, 0.25) is 0 Å². The number of ether oxygens (including phenoxy) is 2. The first kappa shape index (κ1) is 16.3. The first-order valence-corrected chi connectivity index (χ1v) is 8.72. The molecule has 2 fully saturated rings. The van der Waals surface area contributed by atoms with Gasteiger partial charge < -0.3 is 14.8 Å². The van der Waals surface area contributed by atoms with Crippen LogP contribution in [0.5, 0.6) is 0 Å². The first-order valence-electron chi connectivity index (χ1n) is 8.72. The van der Waals surface area contributed by atoms with Crippen LogP contribution in [-0.2, 0) is 9.47 Å². The molecule has 0 aromatic carbocycles. The van der Waals surface area contributed by atoms with Gasteiger partial charge in [-0.3, -0.25) is 0 Å². The van der Waals surface area contributed by atoms with E-state index in [1.165, 1.54) is 38.5 Å². The van der Waals surface area contributed by atoms with Crippen molar-refractivity contribution >= 4 is 0 Å². The third-order valence-electron chi connectivity index (χ3n) is 4.84. The molecule has 2 atom stereocenters. The van der Waals surface area contributed by atoms with Crippen LogP contribution in [0.3, 0.4) is 0 Å². The number of rotatable bonds is 11. The lowest BCUT2D eigenvalue weighted by atomic mass is 9.76. The standard InChI is InChI=1S/C17H33NO2/c1-3-5-11-19-12-8-17(14-18-10-4-2)9-13-20-16(17)15-6-7-15/h15-16,18H,3-14H2,1-2H3. The van der Waals surface area contributed by atoms with Crippen molar-refractivity contribution in [3.8, 4) is 0 Å². The van der Waals surface area contributed by atoms with Crippen molar-refractivity contribution in [1.82, 2.24) is 5.32 Å². The molecule has 1 saturated carbocycles. The van der Waals surface area contributed by atoms with E-state index in [1.54, 1.807) is 0 Å². The molecule has 118 valence electrons. The molecule has 2 aliphatic rings. The first-order chi connectivity index (χ1) is 9.82. The minimum Gasteiger partial charge on any atom is -0.381 e. The smallest absolute Gasteiger partial charge is 0.0673 e. The summed E-state index contributed by atoms with van der Waals surface area (Å²) >= 11 is 0. The van der Waals surface area contributed by atoms with Gasteiger partial charge in [0.1, 0.15) is 0 Å². The largest absolute Gasteiger partial charge is 0.381 e. The van der Waals surface area contributed by atoms with Crippen molar-refractivity contribution in [2.75, 3.05) is 32.9 Å².